The molecule has 0 spiro atoms. The van der Waals surface area contributed by atoms with Crippen LogP contribution < -0.4 is 0 Å². The van der Waals surface area contributed by atoms with Gasteiger partial charge >= 0.3 is 0 Å². The molecule has 0 aromatic heterocycles. The number of hydrogen-bond donors (Lipinski definition) is 4. The fraction of sp³-hybridized carbons (Fsp3) is 1.00. The zero-order valence-corrected chi connectivity index (χ0v) is 20.0. The minimum Gasteiger partial charge on any atom is -0.285 e. The molecule has 4 fully saturated rings. The minimum atomic E-state index is -4.74. The van der Waals surface area contributed by atoms with Crippen LogP contribution >= 0.6 is 0 Å². The summed E-state index contributed by atoms with van der Waals surface area (Å²) in [6.45, 7) is 0. The van der Waals surface area contributed by atoms with E-state index in [0.29, 0.717) is 0 Å². The Morgan fingerprint density at radius 2 is 0.594 bits per heavy atom. The first-order valence-electron chi connectivity index (χ1n) is 10.3. The molecule has 0 amide bonds. The highest BCUT2D eigenvalue weighted by molar-refractivity contribution is 7.88. The van der Waals surface area contributed by atoms with Gasteiger partial charge in [0.05, 0.1) is 21.0 Å². The summed E-state index contributed by atoms with van der Waals surface area (Å²) < 4.78 is 136. The van der Waals surface area contributed by atoms with Crippen LogP contribution in [0.25, 0.3) is 0 Å². The first-order valence-corrected chi connectivity index (χ1v) is 16.3. The second-order valence-corrected chi connectivity index (χ2v) is 16.2. The Balaban J connectivity index is 1.89. The highest BCUT2D eigenvalue weighted by atomic mass is 32.2. The van der Waals surface area contributed by atoms with E-state index in [1.807, 2.05) is 0 Å². The maximum Gasteiger partial charge on any atom is 0.268 e. The summed E-state index contributed by atoms with van der Waals surface area (Å²) in [5.74, 6) is -4.76. The van der Waals surface area contributed by atoms with Crippen LogP contribution in [0.1, 0.15) is 38.5 Å². The van der Waals surface area contributed by atoms with Crippen molar-refractivity contribution in [1.29, 1.82) is 0 Å². The van der Waals surface area contributed by atoms with Crippen molar-refractivity contribution in [3.63, 3.8) is 0 Å². The van der Waals surface area contributed by atoms with Gasteiger partial charge in [-0.15, -0.1) is 0 Å². The summed E-state index contributed by atoms with van der Waals surface area (Å²) in [7, 11) is -19.0. The van der Waals surface area contributed by atoms with Gasteiger partial charge in [-0.1, -0.05) is 0 Å². The molecule has 4 aliphatic rings. The molecule has 0 aromatic carbocycles. The number of rotatable bonds is 4. The molecule has 4 rings (SSSR count). The van der Waals surface area contributed by atoms with Crippen LogP contribution in [-0.4, -0.2) is 72.9 Å². The lowest BCUT2D eigenvalue weighted by molar-refractivity contribution is -0.0722. The Bertz CT molecular complexity index is 1020. The van der Waals surface area contributed by atoms with Crippen molar-refractivity contribution in [2.45, 2.75) is 59.5 Å². The van der Waals surface area contributed by atoms with E-state index in [-0.39, 0.29) is 25.7 Å². The highest BCUT2D eigenvalue weighted by Crippen LogP contribution is 2.62. The average molecular weight is 539 g/mol. The molecule has 0 aromatic rings. The Labute approximate surface area is 187 Å². The first-order chi connectivity index (χ1) is 14.4. The van der Waals surface area contributed by atoms with Crippen molar-refractivity contribution in [2.24, 2.45) is 35.5 Å². The van der Waals surface area contributed by atoms with E-state index in [9.17, 15) is 51.9 Å². The Kier molecular flexibility index (Phi) is 5.85. The summed E-state index contributed by atoms with van der Waals surface area (Å²) in [6.07, 6.45) is -0.537. The summed E-state index contributed by atoms with van der Waals surface area (Å²) >= 11 is 0. The van der Waals surface area contributed by atoms with E-state index in [4.69, 9.17) is 0 Å². The van der Waals surface area contributed by atoms with Crippen molar-refractivity contribution in [1.82, 2.24) is 0 Å². The maximum absolute atomic E-state index is 12.1. The largest absolute Gasteiger partial charge is 0.285 e. The molecule has 4 aliphatic carbocycles. The molecule has 0 heterocycles. The summed E-state index contributed by atoms with van der Waals surface area (Å²) in [5.41, 5.74) is 0. The standard InChI is InChI=1S/C16H26O12S4/c17-29(18,19)11-5-13(31(23,24)25)9-3-4-10-14(32(26,27)28)6-12(30(20,21)22)8-2-1-7(11)15(9)16(8)10/h7-16H,1-6H2,(H,17,18,19)(H,20,21,22)(H,23,24,25)(H,26,27,28). The predicted octanol–water partition coefficient (Wildman–Crippen LogP) is 0.104. The topological polar surface area (TPSA) is 217 Å². The van der Waals surface area contributed by atoms with Gasteiger partial charge in [0.25, 0.3) is 40.5 Å². The molecule has 186 valence electrons. The van der Waals surface area contributed by atoms with Crippen molar-refractivity contribution in [2.75, 3.05) is 0 Å². The summed E-state index contributed by atoms with van der Waals surface area (Å²) in [6, 6.07) is 0. The van der Waals surface area contributed by atoms with Gasteiger partial charge in [0.2, 0.25) is 0 Å². The molecule has 4 N–H and O–H groups in total. The molecule has 0 aliphatic heterocycles. The maximum atomic E-state index is 12.1. The van der Waals surface area contributed by atoms with Gasteiger partial charge in [-0.25, -0.2) is 0 Å². The van der Waals surface area contributed by atoms with E-state index in [2.05, 4.69) is 0 Å². The van der Waals surface area contributed by atoms with Crippen molar-refractivity contribution in [3.8, 4) is 0 Å². The quantitative estimate of drug-likeness (QED) is 0.350. The van der Waals surface area contributed by atoms with Crippen molar-refractivity contribution < 1.29 is 51.9 Å². The zero-order chi connectivity index (χ0) is 24.0. The van der Waals surface area contributed by atoms with Gasteiger partial charge in [0, 0.05) is 0 Å². The third-order valence-corrected chi connectivity index (χ3v) is 13.7. The van der Waals surface area contributed by atoms with Gasteiger partial charge in [-0.05, 0) is 74.0 Å². The lowest BCUT2D eigenvalue weighted by Gasteiger charge is -2.61. The fourth-order valence-corrected chi connectivity index (χ4v) is 12.7. The van der Waals surface area contributed by atoms with Crippen LogP contribution in [0.3, 0.4) is 0 Å². The van der Waals surface area contributed by atoms with E-state index < -0.39 is 110 Å². The second-order valence-electron chi connectivity index (χ2n) is 9.65. The van der Waals surface area contributed by atoms with Gasteiger partial charge in [0.1, 0.15) is 0 Å². The van der Waals surface area contributed by atoms with Gasteiger partial charge < -0.3 is 0 Å². The molecule has 8 atom stereocenters. The molecule has 0 bridgehead atoms. The molecule has 4 saturated carbocycles. The highest BCUT2D eigenvalue weighted by Gasteiger charge is 2.65. The van der Waals surface area contributed by atoms with Crippen LogP contribution in [0.5, 0.6) is 0 Å². The first kappa shape index (κ1) is 24.8. The second kappa shape index (κ2) is 7.57. The third kappa shape index (κ3) is 4.03. The zero-order valence-electron chi connectivity index (χ0n) is 16.7. The van der Waals surface area contributed by atoms with E-state index >= 15 is 0 Å². The Hall–Kier alpha value is -0.360. The molecular formula is C16H26O12S4. The van der Waals surface area contributed by atoms with E-state index in [1.165, 1.54) is 0 Å². The summed E-state index contributed by atoms with van der Waals surface area (Å²) in [4.78, 5) is 0. The molecule has 0 saturated heterocycles. The van der Waals surface area contributed by atoms with Crippen molar-refractivity contribution >= 4 is 40.5 Å². The lowest BCUT2D eigenvalue weighted by atomic mass is 9.47. The smallest absolute Gasteiger partial charge is 0.268 e. The molecule has 0 radical (unpaired) electrons. The van der Waals surface area contributed by atoms with E-state index in [0.717, 1.165) is 0 Å². The lowest BCUT2D eigenvalue weighted by Crippen LogP contribution is -2.64. The van der Waals surface area contributed by atoms with Crippen LogP contribution in [-0.2, 0) is 40.5 Å². The monoisotopic (exact) mass is 538 g/mol. The van der Waals surface area contributed by atoms with Gasteiger partial charge in [-0.2, -0.15) is 33.7 Å². The predicted molar refractivity (Wildman–Crippen MR) is 110 cm³/mol. The Morgan fingerprint density at radius 3 is 0.750 bits per heavy atom. The van der Waals surface area contributed by atoms with Crippen molar-refractivity contribution in [3.05, 3.63) is 0 Å². The summed E-state index contributed by atoms with van der Waals surface area (Å²) in [5, 5.41) is -6.09. The molecule has 32 heavy (non-hydrogen) atoms. The van der Waals surface area contributed by atoms with Crippen LogP contribution in [0.4, 0.5) is 0 Å². The third-order valence-electron chi connectivity index (χ3n) is 8.46. The SMILES string of the molecule is O=S(=O)(O)C1CC(S(=O)(=O)O)C2CCC3C4C(CCC1C24)C(S(=O)(=O)O)CC3S(=O)(=O)O. The molecule has 8 unspecified atom stereocenters. The average Bonchev–Trinajstić information content (AvgIpc) is 2.61. The number of hydrogen-bond acceptors (Lipinski definition) is 8. The van der Waals surface area contributed by atoms with Crippen LogP contribution in [0, 0.1) is 35.5 Å². The molecule has 16 heteroatoms. The minimum absolute atomic E-state index is 0.125. The fourth-order valence-electron chi connectivity index (χ4n) is 7.58. The Morgan fingerprint density at radius 1 is 0.406 bits per heavy atom. The van der Waals surface area contributed by atoms with Crippen LogP contribution in [0.15, 0.2) is 0 Å². The molecule has 12 nitrogen and oxygen atoms in total. The molecular weight excluding hydrogens is 512 g/mol. The van der Waals surface area contributed by atoms with Gasteiger partial charge in [-0.3, -0.25) is 18.2 Å². The van der Waals surface area contributed by atoms with Gasteiger partial charge in [0.15, 0.2) is 0 Å². The van der Waals surface area contributed by atoms with Crippen LogP contribution in [0.2, 0.25) is 0 Å². The normalized spacial score (nSPS) is 45.1. The van der Waals surface area contributed by atoms with E-state index in [1.54, 1.807) is 0 Å².